The Morgan fingerprint density at radius 2 is 1.03 bits per heavy atom. The highest BCUT2D eigenvalue weighted by atomic mass is 16.5. The van der Waals surface area contributed by atoms with Gasteiger partial charge in [0.1, 0.15) is 24.7 Å². The normalized spacial score (nSPS) is 11.2. The van der Waals surface area contributed by atoms with Crippen molar-refractivity contribution < 1.29 is 19.7 Å². The zero-order valence-corrected chi connectivity index (χ0v) is 17.3. The van der Waals surface area contributed by atoms with Crippen LogP contribution in [0.2, 0.25) is 0 Å². The summed E-state index contributed by atoms with van der Waals surface area (Å²) in [5.41, 5.74) is 3.89. The van der Waals surface area contributed by atoms with Crippen molar-refractivity contribution in [2.24, 2.45) is 0 Å². The maximum Gasteiger partial charge on any atom is 0.130 e. The van der Waals surface area contributed by atoms with Gasteiger partial charge in [0.25, 0.3) is 0 Å². The van der Waals surface area contributed by atoms with Crippen LogP contribution in [-0.4, -0.2) is 36.6 Å². The Balaban J connectivity index is 2.16. The first-order chi connectivity index (χ1) is 14.7. The van der Waals surface area contributed by atoms with E-state index in [0.29, 0.717) is 0 Å². The molecule has 2 N–H and O–H groups in total. The molecule has 0 atom stereocenters. The van der Waals surface area contributed by atoms with Crippen LogP contribution < -0.4 is 9.47 Å². The van der Waals surface area contributed by atoms with Crippen molar-refractivity contribution in [3.05, 3.63) is 71.8 Å². The SMILES string of the molecule is Cc1cc2ccccc2c(-c2c(OCCO)c(C)cc3ccccc23)c1OCCO. The first kappa shape index (κ1) is 20.2. The molecule has 0 aromatic heterocycles. The summed E-state index contributed by atoms with van der Waals surface area (Å²) in [6.45, 7) is 4.34. The number of hydrogen-bond acceptors (Lipinski definition) is 4. The molecule has 4 rings (SSSR count). The molecule has 0 aliphatic carbocycles. The second kappa shape index (κ2) is 8.74. The van der Waals surface area contributed by atoms with Gasteiger partial charge in [-0.05, 0) is 58.7 Å². The molecule has 0 saturated carbocycles. The van der Waals surface area contributed by atoms with Crippen molar-refractivity contribution in [2.45, 2.75) is 13.8 Å². The van der Waals surface area contributed by atoms with Crippen molar-refractivity contribution in [3.63, 3.8) is 0 Å². The van der Waals surface area contributed by atoms with Crippen LogP contribution in [0.3, 0.4) is 0 Å². The van der Waals surface area contributed by atoms with Gasteiger partial charge >= 0.3 is 0 Å². The smallest absolute Gasteiger partial charge is 0.130 e. The fraction of sp³-hybridized carbons (Fsp3) is 0.231. The van der Waals surface area contributed by atoms with E-state index in [4.69, 9.17) is 9.47 Å². The van der Waals surface area contributed by atoms with Gasteiger partial charge in [0.15, 0.2) is 0 Å². The van der Waals surface area contributed by atoms with Crippen molar-refractivity contribution in [1.29, 1.82) is 0 Å². The zero-order chi connectivity index (χ0) is 21.1. The van der Waals surface area contributed by atoms with Gasteiger partial charge in [-0.3, -0.25) is 0 Å². The summed E-state index contributed by atoms with van der Waals surface area (Å²) in [7, 11) is 0. The molecule has 0 saturated heterocycles. The van der Waals surface area contributed by atoms with E-state index in [1.807, 2.05) is 38.1 Å². The Bertz CT molecular complexity index is 1100. The van der Waals surface area contributed by atoms with Gasteiger partial charge < -0.3 is 19.7 Å². The largest absolute Gasteiger partial charge is 0.490 e. The Morgan fingerprint density at radius 1 is 0.633 bits per heavy atom. The van der Waals surface area contributed by atoms with Crippen LogP contribution in [0.5, 0.6) is 11.5 Å². The number of fused-ring (bicyclic) bond motifs is 2. The van der Waals surface area contributed by atoms with Gasteiger partial charge in [0.2, 0.25) is 0 Å². The lowest BCUT2D eigenvalue weighted by atomic mass is 9.89. The van der Waals surface area contributed by atoms with Crippen LogP contribution in [-0.2, 0) is 0 Å². The van der Waals surface area contributed by atoms with Gasteiger partial charge in [-0.15, -0.1) is 0 Å². The van der Waals surface area contributed by atoms with Crippen LogP contribution in [0.25, 0.3) is 32.7 Å². The summed E-state index contributed by atoms with van der Waals surface area (Å²) in [4.78, 5) is 0. The summed E-state index contributed by atoms with van der Waals surface area (Å²) < 4.78 is 12.1. The lowest BCUT2D eigenvalue weighted by Crippen LogP contribution is -2.07. The molecule has 0 aliphatic rings. The molecule has 4 nitrogen and oxygen atoms in total. The lowest BCUT2D eigenvalue weighted by Gasteiger charge is -2.22. The van der Waals surface area contributed by atoms with Crippen LogP contribution in [0.1, 0.15) is 11.1 Å². The molecule has 0 heterocycles. The maximum absolute atomic E-state index is 9.40. The minimum atomic E-state index is -0.0614. The van der Waals surface area contributed by atoms with E-state index in [0.717, 1.165) is 55.3 Å². The molecule has 4 aromatic rings. The van der Waals surface area contributed by atoms with Crippen LogP contribution in [0, 0.1) is 13.8 Å². The molecule has 0 bridgehead atoms. The van der Waals surface area contributed by atoms with Crippen molar-refractivity contribution in [1.82, 2.24) is 0 Å². The molecule has 0 fully saturated rings. The van der Waals surface area contributed by atoms with E-state index in [1.165, 1.54) is 0 Å². The van der Waals surface area contributed by atoms with Gasteiger partial charge in [-0.1, -0.05) is 48.5 Å². The lowest BCUT2D eigenvalue weighted by molar-refractivity contribution is 0.199. The topological polar surface area (TPSA) is 58.9 Å². The van der Waals surface area contributed by atoms with Gasteiger partial charge in [0, 0.05) is 11.1 Å². The molecule has 0 unspecified atom stereocenters. The van der Waals surface area contributed by atoms with Gasteiger partial charge in [-0.2, -0.15) is 0 Å². The summed E-state index contributed by atoms with van der Waals surface area (Å²) in [6, 6.07) is 20.7. The number of aliphatic hydroxyl groups excluding tert-OH is 2. The Kier molecular flexibility index (Phi) is 5.88. The quantitative estimate of drug-likeness (QED) is 0.456. The Morgan fingerprint density at radius 3 is 1.43 bits per heavy atom. The van der Waals surface area contributed by atoms with E-state index >= 15 is 0 Å². The average Bonchev–Trinajstić information content (AvgIpc) is 2.76. The highest BCUT2D eigenvalue weighted by Gasteiger charge is 2.22. The van der Waals surface area contributed by atoms with E-state index in [2.05, 4.69) is 36.4 Å². The molecular formula is C26H26O4. The summed E-state index contributed by atoms with van der Waals surface area (Å²) in [6.07, 6.45) is 0. The number of ether oxygens (including phenoxy) is 2. The average molecular weight is 402 g/mol. The first-order valence-electron chi connectivity index (χ1n) is 10.2. The number of aliphatic hydroxyl groups is 2. The molecule has 4 heteroatoms. The van der Waals surface area contributed by atoms with Crippen molar-refractivity contribution >= 4 is 21.5 Å². The molecule has 0 amide bonds. The third-order valence-corrected chi connectivity index (χ3v) is 5.30. The molecule has 4 aromatic carbocycles. The summed E-state index contributed by atoms with van der Waals surface area (Å²) in [5.74, 6) is 1.49. The third kappa shape index (κ3) is 3.60. The molecule has 0 radical (unpaired) electrons. The second-order valence-corrected chi connectivity index (χ2v) is 7.38. The number of aryl methyl sites for hydroxylation is 2. The van der Waals surface area contributed by atoms with Crippen LogP contribution in [0.15, 0.2) is 60.7 Å². The molecular weight excluding hydrogens is 376 g/mol. The van der Waals surface area contributed by atoms with E-state index in [9.17, 15) is 10.2 Å². The molecule has 30 heavy (non-hydrogen) atoms. The summed E-state index contributed by atoms with van der Waals surface area (Å²) >= 11 is 0. The Hall–Kier alpha value is -3.08. The number of hydrogen-bond donors (Lipinski definition) is 2. The van der Waals surface area contributed by atoms with E-state index in [-0.39, 0.29) is 26.4 Å². The number of benzene rings is 4. The predicted octanol–water partition coefficient (Wildman–Crippen LogP) is 5.02. The first-order valence-corrected chi connectivity index (χ1v) is 10.2. The van der Waals surface area contributed by atoms with Crippen LogP contribution >= 0.6 is 0 Å². The molecule has 0 aliphatic heterocycles. The maximum atomic E-state index is 9.40. The van der Waals surface area contributed by atoms with Gasteiger partial charge in [0.05, 0.1) is 13.2 Å². The third-order valence-electron chi connectivity index (χ3n) is 5.30. The highest BCUT2D eigenvalue weighted by molar-refractivity contribution is 6.10. The van der Waals surface area contributed by atoms with Crippen molar-refractivity contribution in [3.8, 4) is 22.6 Å². The highest BCUT2D eigenvalue weighted by Crippen LogP contribution is 2.48. The van der Waals surface area contributed by atoms with Crippen LogP contribution in [0.4, 0.5) is 0 Å². The van der Waals surface area contributed by atoms with E-state index < -0.39 is 0 Å². The monoisotopic (exact) mass is 402 g/mol. The minimum absolute atomic E-state index is 0.0614. The van der Waals surface area contributed by atoms with Gasteiger partial charge in [-0.25, -0.2) is 0 Å². The zero-order valence-electron chi connectivity index (χ0n) is 17.3. The standard InChI is InChI=1S/C26H26O4/c1-17-15-19-7-3-5-9-21(19)23(25(17)29-13-11-27)24-22-10-6-4-8-20(22)16-18(2)26(24)30-14-12-28/h3-10,15-16,27-28H,11-14H2,1-2H3. The summed E-state index contributed by atoms with van der Waals surface area (Å²) in [5, 5.41) is 23.1. The van der Waals surface area contributed by atoms with E-state index in [1.54, 1.807) is 0 Å². The Labute approximate surface area is 176 Å². The van der Waals surface area contributed by atoms with Crippen molar-refractivity contribution in [2.75, 3.05) is 26.4 Å². The fourth-order valence-electron chi connectivity index (χ4n) is 4.10. The fourth-order valence-corrected chi connectivity index (χ4v) is 4.10. The molecule has 154 valence electrons. The second-order valence-electron chi connectivity index (χ2n) is 7.38. The predicted molar refractivity (Wildman–Crippen MR) is 122 cm³/mol. The molecule has 0 spiro atoms. The number of rotatable bonds is 7. The minimum Gasteiger partial charge on any atom is -0.490 e.